The van der Waals surface area contributed by atoms with Gasteiger partial charge in [-0.2, -0.15) is 0 Å². The minimum Gasteiger partial charge on any atom is -0.385 e. The molecule has 0 atom stereocenters. The Morgan fingerprint density at radius 3 is 2.65 bits per heavy atom. The Labute approximate surface area is 164 Å². The molecule has 1 aromatic carbocycles. The summed E-state index contributed by atoms with van der Waals surface area (Å²) in [6.45, 7) is 2.85. The fourth-order valence-electron chi connectivity index (χ4n) is 3.09. The minimum atomic E-state index is -0.0796. The van der Waals surface area contributed by atoms with Crippen LogP contribution < -0.4 is 16.0 Å². The number of carbonyl (C=O) groups is 1. The van der Waals surface area contributed by atoms with E-state index >= 15 is 0 Å². The predicted molar refractivity (Wildman–Crippen MR) is 109 cm³/mol. The SMILES string of the molecule is CN=C(NCCNC(=O)c1cccc(Br)c1)NCC1(CCOC)CCC1. The topological polar surface area (TPSA) is 74.8 Å². The van der Waals surface area contributed by atoms with Crippen LogP contribution in [-0.4, -0.2) is 52.3 Å². The minimum absolute atomic E-state index is 0.0796. The van der Waals surface area contributed by atoms with E-state index in [4.69, 9.17) is 4.74 Å². The van der Waals surface area contributed by atoms with Crippen LogP contribution in [-0.2, 0) is 4.74 Å². The van der Waals surface area contributed by atoms with E-state index in [0.717, 1.165) is 30.0 Å². The van der Waals surface area contributed by atoms with E-state index < -0.39 is 0 Å². The second-order valence-corrected chi connectivity index (χ2v) is 7.63. The van der Waals surface area contributed by atoms with Gasteiger partial charge in [0, 0.05) is 50.4 Å². The standard InChI is InChI=1S/C19H29BrN4O2/c1-21-18(24-14-19(7-4-8-19)9-12-26-2)23-11-10-22-17(25)15-5-3-6-16(20)13-15/h3,5-6,13H,4,7-12,14H2,1-2H3,(H,22,25)(H2,21,23,24). The summed E-state index contributed by atoms with van der Waals surface area (Å²) in [6, 6.07) is 7.35. The largest absolute Gasteiger partial charge is 0.385 e. The number of ether oxygens (including phenoxy) is 1. The number of benzene rings is 1. The maximum Gasteiger partial charge on any atom is 0.251 e. The van der Waals surface area contributed by atoms with Crippen LogP contribution in [0.5, 0.6) is 0 Å². The van der Waals surface area contributed by atoms with Crippen molar-refractivity contribution in [3.8, 4) is 0 Å². The van der Waals surface area contributed by atoms with Crippen molar-refractivity contribution in [2.45, 2.75) is 25.7 Å². The maximum atomic E-state index is 12.1. The van der Waals surface area contributed by atoms with Gasteiger partial charge in [0.1, 0.15) is 0 Å². The highest BCUT2D eigenvalue weighted by Crippen LogP contribution is 2.43. The predicted octanol–water partition coefficient (Wildman–Crippen LogP) is 2.55. The van der Waals surface area contributed by atoms with Gasteiger partial charge < -0.3 is 20.7 Å². The third kappa shape index (κ3) is 6.29. The third-order valence-corrected chi connectivity index (χ3v) is 5.39. The Hall–Kier alpha value is -1.60. The van der Waals surface area contributed by atoms with Gasteiger partial charge in [0.15, 0.2) is 5.96 Å². The molecule has 1 saturated carbocycles. The summed E-state index contributed by atoms with van der Waals surface area (Å²) >= 11 is 3.38. The molecule has 0 bridgehead atoms. The van der Waals surface area contributed by atoms with Gasteiger partial charge in [-0.25, -0.2) is 0 Å². The van der Waals surface area contributed by atoms with Gasteiger partial charge in [0.25, 0.3) is 5.91 Å². The average Bonchev–Trinajstić information content (AvgIpc) is 2.61. The van der Waals surface area contributed by atoms with Crippen LogP contribution in [0.2, 0.25) is 0 Å². The molecule has 6 nitrogen and oxygen atoms in total. The summed E-state index contributed by atoms with van der Waals surface area (Å²) in [5.74, 6) is 0.689. The Balaban J connectivity index is 1.68. The highest BCUT2D eigenvalue weighted by Gasteiger charge is 2.36. The van der Waals surface area contributed by atoms with E-state index in [1.807, 2.05) is 12.1 Å². The van der Waals surface area contributed by atoms with Crippen molar-refractivity contribution in [3.05, 3.63) is 34.3 Å². The third-order valence-electron chi connectivity index (χ3n) is 4.89. The van der Waals surface area contributed by atoms with Crippen molar-refractivity contribution in [2.75, 3.05) is 40.4 Å². The molecule has 1 fully saturated rings. The number of nitrogens with one attached hydrogen (secondary N) is 3. The molecule has 1 amide bonds. The molecule has 0 heterocycles. The van der Waals surface area contributed by atoms with Crippen LogP contribution in [0.1, 0.15) is 36.0 Å². The number of methoxy groups -OCH3 is 1. The number of amides is 1. The van der Waals surface area contributed by atoms with E-state index in [9.17, 15) is 4.79 Å². The Morgan fingerprint density at radius 2 is 2.04 bits per heavy atom. The molecule has 2 rings (SSSR count). The van der Waals surface area contributed by atoms with E-state index in [-0.39, 0.29) is 5.91 Å². The smallest absolute Gasteiger partial charge is 0.251 e. The fraction of sp³-hybridized carbons (Fsp3) is 0.579. The van der Waals surface area contributed by atoms with Gasteiger partial charge in [0.05, 0.1) is 0 Å². The molecule has 1 aliphatic carbocycles. The number of guanidine groups is 1. The summed E-state index contributed by atoms with van der Waals surface area (Å²) in [4.78, 5) is 16.4. The Kier molecular flexibility index (Phi) is 8.38. The highest BCUT2D eigenvalue weighted by molar-refractivity contribution is 9.10. The second kappa shape index (κ2) is 10.5. The maximum absolute atomic E-state index is 12.1. The molecule has 0 saturated heterocycles. The molecule has 0 radical (unpaired) electrons. The van der Waals surface area contributed by atoms with Crippen LogP contribution in [0.25, 0.3) is 0 Å². The van der Waals surface area contributed by atoms with E-state index in [1.54, 1.807) is 26.3 Å². The number of carbonyl (C=O) groups excluding carboxylic acids is 1. The van der Waals surface area contributed by atoms with Crippen molar-refractivity contribution in [3.63, 3.8) is 0 Å². The zero-order valence-corrected chi connectivity index (χ0v) is 17.2. The number of aliphatic imine (C=N–C) groups is 1. The molecule has 144 valence electrons. The second-order valence-electron chi connectivity index (χ2n) is 6.72. The van der Waals surface area contributed by atoms with Crippen LogP contribution in [0, 0.1) is 5.41 Å². The molecule has 1 aliphatic rings. The number of hydrogen-bond donors (Lipinski definition) is 3. The van der Waals surface area contributed by atoms with E-state index in [0.29, 0.717) is 24.1 Å². The number of halogens is 1. The molecule has 0 unspecified atom stereocenters. The van der Waals surface area contributed by atoms with Gasteiger partial charge >= 0.3 is 0 Å². The first-order valence-electron chi connectivity index (χ1n) is 9.06. The Bertz CT molecular complexity index is 617. The first-order valence-corrected chi connectivity index (χ1v) is 9.85. The van der Waals surface area contributed by atoms with Crippen molar-refractivity contribution in [1.29, 1.82) is 0 Å². The lowest BCUT2D eigenvalue weighted by Crippen LogP contribution is -2.48. The van der Waals surface area contributed by atoms with Crippen LogP contribution in [0.15, 0.2) is 33.7 Å². The van der Waals surface area contributed by atoms with Crippen molar-refractivity contribution in [2.24, 2.45) is 10.4 Å². The fourth-order valence-corrected chi connectivity index (χ4v) is 3.49. The van der Waals surface area contributed by atoms with Crippen molar-refractivity contribution in [1.82, 2.24) is 16.0 Å². The van der Waals surface area contributed by atoms with Gasteiger partial charge in [-0.15, -0.1) is 0 Å². The number of nitrogens with zero attached hydrogens (tertiary/aromatic N) is 1. The number of rotatable bonds is 9. The summed E-state index contributed by atoms with van der Waals surface area (Å²) in [7, 11) is 3.51. The lowest BCUT2D eigenvalue weighted by molar-refractivity contribution is 0.0732. The monoisotopic (exact) mass is 424 g/mol. The van der Waals surface area contributed by atoms with E-state index in [2.05, 4.69) is 36.9 Å². The Morgan fingerprint density at radius 1 is 1.27 bits per heavy atom. The quantitative estimate of drug-likeness (QED) is 0.323. The lowest BCUT2D eigenvalue weighted by Gasteiger charge is -2.42. The first-order chi connectivity index (χ1) is 12.6. The van der Waals surface area contributed by atoms with Crippen LogP contribution >= 0.6 is 15.9 Å². The molecule has 0 aliphatic heterocycles. The summed E-state index contributed by atoms with van der Waals surface area (Å²) < 4.78 is 6.13. The summed E-state index contributed by atoms with van der Waals surface area (Å²) in [5, 5.41) is 9.57. The molecule has 7 heteroatoms. The average molecular weight is 425 g/mol. The lowest BCUT2D eigenvalue weighted by atomic mass is 9.67. The summed E-state index contributed by atoms with van der Waals surface area (Å²) in [5.41, 5.74) is 0.981. The van der Waals surface area contributed by atoms with Crippen LogP contribution in [0.3, 0.4) is 0 Å². The normalized spacial score (nSPS) is 15.9. The van der Waals surface area contributed by atoms with Gasteiger partial charge in [0.2, 0.25) is 0 Å². The molecular weight excluding hydrogens is 396 g/mol. The molecule has 1 aromatic rings. The summed E-state index contributed by atoms with van der Waals surface area (Å²) in [6.07, 6.45) is 4.85. The first kappa shape index (κ1) is 20.7. The van der Waals surface area contributed by atoms with Gasteiger partial charge in [-0.05, 0) is 42.9 Å². The zero-order valence-electron chi connectivity index (χ0n) is 15.6. The van der Waals surface area contributed by atoms with E-state index in [1.165, 1.54) is 19.3 Å². The molecular formula is C19H29BrN4O2. The highest BCUT2D eigenvalue weighted by atomic mass is 79.9. The zero-order chi connectivity index (χ0) is 18.8. The molecule has 26 heavy (non-hydrogen) atoms. The molecule has 0 aromatic heterocycles. The van der Waals surface area contributed by atoms with Crippen molar-refractivity contribution >= 4 is 27.8 Å². The van der Waals surface area contributed by atoms with Crippen LogP contribution in [0.4, 0.5) is 0 Å². The van der Waals surface area contributed by atoms with Gasteiger partial charge in [-0.3, -0.25) is 9.79 Å². The van der Waals surface area contributed by atoms with Gasteiger partial charge in [-0.1, -0.05) is 28.4 Å². The molecule has 0 spiro atoms. The van der Waals surface area contributed by atoms with Crippen molar-refractivity contribution < 1.29 is 9.53 Å². The number of hydrogen-bond acceptors (Lipinski definition) is 3. The molecule has 3 N–H and O–H groups in total.